The second kappa shape index (κ2) is 10.6. The van der Waals surface area contributed by atoms with Crippen LogP contribution in [0.1, 0.15) is 57.6 Å². The number of nitrogens with zero attached hydrogens (tertiary/aromatic N) is 1. The Morgan fingerprint density at radius 1 is 1.27 bits per heavy atom. The molecule has 1 unspecified atom stereocenters. The number of carbonyl (C=O) groups is 1. The van der Waals surface area contributed by atoms with E-state index >= 15 is 0 Å². The summed E-state index contributed by atoms with van der Waals surface area (Å²) in [6, 6.07) is 1.69. The highest BCUT2D eigenvalue weighted by molar-refractivity contribution is 9.09. The van der Waals surface area contributed by atoms with E-state index in [-0.39, 0.29) is 11.9 Å². The van der Waals surface area contributed by atoms with Crippen molar-refractivity contribution in [3.8, 4) is 5.88 Å². The van der Waals surface area contributed by atoms with Gasteiger partial charge in [-0.1, -0.05) is 49.0 Å². The molecular weight excluding hydrogens is 350 g/mol. The number of methoxy groups -OCH3 is 1. The van der Waals surface area contributed by atoms with E-state index in [1.54, 1.807) is 6.07 Å². The predicted molar refractivity (Wildman–Crippen MR) is 88.5 cm³/mol. The Kier molecular flexibility index (Phi) is 9.20. The molecule has 22 heavy (non-hydrogen) atoms. The second-order valence-electron chi connectivity index (χ2n) is 5.62. The number of unbranched alkanes of at least 4 members (excludes halogenated alkanes) is 4. The van der Waals surface area contributed by atoms with E-state index in [4.69, 9.17) is 14.0 Å². The Labute approximate surface area is 140 Å². The highest BCUT2D eigenvalue weighted by Crippen LogP contribution is 2.28. The van der Waals surface area contributed by atoms with Crippen LogP contribution in [0.5, 0.6) is 5.88 Å². The van der Waals surface area contributed by atoms with E-state index in [0.717, 1.165) is 18.2 Å². The number of carbonyl (C=O) groups excluding carboxylic acids is 1. The highest BCUT2D eigenvalue weighted by atomic mass is 79.9. The van der Waals surface area contributed by atoms with Crippen LogP contribution in [0.4, 0.5) is 0 Å². The van der Waals surface area contributed by atoms with E-state index in [1.807, 2.05) is 13.8 Å². The van der Waals surface area contributed by atoms with Crippen molar-refractivity contribution >= 4 is 21.9 Å². The minimum absolute atomic E-state index is 0.0719. The maximum absolute atomic E-state index is 11.8. The van der Waals surface area contributed by atoms with Crippen molar-refractivity contribution in [2.24, 2.45) is 5.92 Å². The fraction of sp³-hybridized carbons (Fsp3) is 0.750. The van der Waals surface area contributed by atoms with Crippen molar-refractivity contribution in [2.75, 3.05) is 19.0 Å². The first-order valence-electron chi connectivity index (χ1n) is 7.83. The van der Waals surface area contributed by atoms with Crippen LogP contribution in [0, 0.1) is 5.92 Å². The van der Waals surface area contributed by atoms with Crippen LogP contribution in [0.3, 0.4) is 0 Å². The first-order valence-corrected chi connectivity index (χ1v) is 8.95. The van der Waals surface area contributed by atoms with Crippen LogP contribution >= 0.6 is 15.9 Å². The summed E-state index contributed by atoms with van der Waals surface area (Å²) in [6.45, 7) is 4.50. The van der Waals surface area contributed by atoms with Crippen LogP contribution in [0.15, 0.2) is 10.6 Å². The molecule has 0 aliphatic rings. The summed E-state index contributed by atoms with van der Waals surface area (Å²) in [6.07, 6.45) is 5.83. The lowest BCUT2D eigenvalue weighted by molar-refractivity contribution is -0.144. The molecule has 1 atom stereocenters. The highest BCUT2D eigenvalue weighted by Gasteiger charge is 2.29. The van der Waals surface area contributed by atoms with Gasteiger partial charge >= 0.3 is 5.97 Å². The maximum Gasteiger partial charge on any atom is 0.316 e. The summed E-state index contributed by atoms with van der Waals surface area (Å²) in [5, 5.41) is 4.94. The lowest BCUT2D eigenvalue weighted by Gasteiger charge is -2.14. The fourth-order valence-electron chi connectivity index (χ4n) is 2.23. The lowest BCUT2D eigenvalue weighted by Crippen LogP contribution is -2.19. The van der Waals surface area contributed by atoms with Gasteiger partial charge in [-0.3, -0.25) is 4.79 Å². The van der Waals surface area contributed by atoms with Crippen molar-refractivity contribution in [3.63, 3.8) is 0 Å². The molecule has 0 amide bonds. The molecular formula is C16H26BrNO4. The van der Waals surface area contributed by atoms with Gasteiger partial charge in [0.25, 0.3) is 5.88 Å². The molecule has 1 aromatic rings. The zero-order valence-electron chi connectivity index (χ0n) is 13.6. The largest absolute Gasteiger partial charge is 0.476 e. The summed E-state index contributed by atoms with van der Waals surface area (Å²) >= 11 is 3.43. The van der Waals surface area contributed by atoms with Gasteiger partial charge in [-0.05, 0) is 23.9 Å². The van der Waals surface area contributed by atoms with Crippen molar-refractivity contribution in [3.05, 3.63) is 11.8 Å². The van der Waals surface area contributed by atoms with Gasteiger partial charge in [-0.25, -0.2) is 0 Å². The first kappa shape index (κ1) is 19.0. The third kappa shape index (κ3) is 6.38. The minimum Gasteiger partial charge on any atom is -0.476 e. The van der Waals surface area contributed by atoms with E-state index in [1.165, 1.54) is 26.4 Å². The fourth-order valence-corrected chi connectivity index (χ4v) is 2.63. The molecule has 6 heteroatoms. The minimum atomic E-state index is -0.445. The normalized spacial score (nSPS) is 12.4. The topological polar surface area (TPSA) is 61.6 Å². The van der Waals surface area contributed by atoms with Crippen molar-refractivity contribution in [1.82, 2.24) is 5.16 Å². The maximum atomic E-state index is 11.8. The molecule has 0 fully saturated rings. The van der Waals surface area contributed by atoms with Gasteiger partial charge in [0, 0.05) is 11.4 Å². The number of esters is 1. The molecule has 0 N–H and O–H groups in total. The zero-order valence-corrected chi connectivity index (χ0v) is 15.2. The van der Waals surface area contributed by atoms with Crippen molar-refractivity contribution in [1.29, 1.82) is 0 Å². The molecule has 1 rings (SSSR count). The van der Waals surface area contributed by atoms with E-state index in [0.29, 0.717) is 18.2 Å². The van der Waals surface area contributed by atoms with E-state index in [9.17, 15) is 4.79 Å². The molecule has 0 bridgehead atoms. The average molecular weight is 376 g/mol. The van der Waals surface area contributed by atoms with Gasteiger partial charge in [-0.2, -0.15) is 0 Å². The number of rotatable bonds is 11. The quantitative estimate of drug-likeness (QED) is 0.327. The Balaban J connectivity index is 2.38. The number of hydrogen-bond acceptors (Lipinski definition) is 5. The molecule has 5 nitrogen and oxygen atoms in total. The number of aromatic nitrogens is 1. The molecule has 0 aromatic carbocycles. The van der Waals surface area contributed by atoms with E-state index < -0.39 is 5.92 Å². The second-order valence-corrected chi connectivity index (χ2v) is 6.41. The zero-order chi connectivity index (χ0) is 16.4. The number of ether oxygens (including phenoxy) is 2. The Morgan fingerprint density at radius 3 is 2.59 bits per heavy atom. The molecule has 0 radical (unpaired) electrons. The van der Waals surface area contributed by atoms with Crippen LogP contribution in [0.2, 0.25) is 0 Å². The molecule has 126 valence electrons. The smallest absolute Gasteiger partial charge is 0.316 e. The molecule has 0 aliphatic heterocycles. The summed E-state index contributed by atoms with van der Waals surface area (Å²) in [5.41, 5.74) is 0. The summed E-state index contributed by atoms with van der Waals surface area (Å²) in [4.78, 5) is 11.8. The summed E-state index contributed by atoms with van der Waals surface area (Å²) < 4.78 is 15.6. The van der Waals surface area contributed by atoms with Crippen LogP contribution in [-0.4, -0.2) is 30.2 Å². The molecule has 0 spiro atoms. The Morgan fingerprint density at radius 2 is 1.95 bits per heavy atom. The van der Waals surface area contributed by atoms with Gasteiger partial charge in [0.2, 0.25) is 0 Å². The molecule has 1 heterocycles. The van der Waals surface area contributed by atoms with E-state index in [2.05, 4.69) is 21.1 Å². The first-order chi connectivity index (χ1) is 10.6. The van der Waals surface area contributed by atoms with Gasteiger partial charge < -0.3 is 14.0 Å². The van der Waals surface area contributed by atoms with Crippen LogP contribution in [0.25, 0.3) is 0 Å². The number of alkyl halides is 1. The van der Waals surface area contributed by atoms with Gasteiger partial charge in [0.05, 0.1) is 13.7 Å². The SMILES string of the molecule is COC(=O)C(c1cc(OCCCCCCCBr)no1)C(C)C. The van der Waals surface area contributed by atoms with Crippen molar-refractivity contribution in [2.45, 2.75) is 51.9 Å². The number of halogens is 1. The Hall–Kier alpha value is -1.04. The third-order valence-corrected chi connectivity index (χ3v) is 4.02. The molecule has 1 aromatic heterocycles. The van der Waals surface area contributed by atoms with Crippen molar-refractivity contribution < 1.29 is 18.8 Å². The van der Waals surface area contributed by atoms with Crippen LogP contribution < -0.4 is 4.74 Å². The average Bonchev–Trinajstić information content (AvgIpc) is 2.94. The van der Waals surface area contributed by atoms with Gasteiger partial charge in [0.15, 0.2) is 5.76 Å². The monoisotopic (exact) mass is 375 g/mol. The summed E-state index contributed by atoms with van der Waals surface area (Å²) in [7, 11) is 1.38. The third-order valence-electron chi connectivity index (χ3n) is 3.46. The standard InChI is InChI=1S/C16H26BrNO4/c1-12(2)15(16(19)20-3)13-11-14(18-22-13)21-10-8-6-4-5-7-9-17/h11-12,15H,4-10H2,1-3H3. The molecule has 0 saturated heterocycles. The number of hydrogen-bond donors (Lipinski definition) is 0. The molecule has 0 saturated carbocycles. The molecule has 0 aliphatic carbocycles. The lowest BCUT2D eigenvalue weighted by atomic mass is 9.93. The Bertz CT molecular complexity index is 434. The van der Waals surface area contributed by atoms with Gasteiger partial charge in [0.1, 0.15) is 5.92 Å². The van der Waals surface area contributed by atoms with Gasteiger partial charge in [-0.15, -0.1) is 0 Å². The summed E-state index contributed by atoms with van der Waals surface area (Å²) in [5.74, 6) is 0.241. The van der Waals surface area contributed by atoms with Crippen LogP contribution in [-0.2, 0) is 9.53 Å². The predicted octanol–water partition coefficient (Wildman–Crippen LogP) is 4.31.